The molecule has 0 aromatic carbocycles. The van der Waals surface area contributed by atoms with Crippen molar-refractivity contribution in [3.8, 4) is 0 Å². The molecule has 0 saturated carbocycles. The van der Waals surface area contributed by atoms with Crippen LogP contribution in [0.3, 0.4) is 0 Å². The summed E-state index contributed by atoms with van der Waals surface area (Å²) in [6.07, 6.45) is 0.942. The van der Waals surface area contributed by atoms with E-state index < -0.39 is 0 Å². The second kappa shape index (κ2) is 5.56. The third-order valence-corrected chi connectivity index (χ3v) is 1.97. The van der Waals surface area contributed by atoms with Gasteiger partial charge < -0.3 is 11.5 Å². The van der Waals surface area contributed by atoms with Crippen molar-refractivity contribution in [3.05, 3.63) is 0 Å². The number of carbonyl (C=O) groups excluding carboxylic acids is 1. The summed E-state index contributed by atoms with van der Waals surface area (Å²) < 4.78 is 0. The maximum absolute atomic E-state index is 10.2. The van der Waals surface area contributed by atoms with Gasteiger partial charge in [0.05, 0.1) is 5.75 Å². The third-order valence-electron chi connectivity index (χ3n) is 0.962. The van der Waals surface area contributed by atoms with Crippen molar-refractivity contribution in [2.45, 2.75) is 19.4 Å². The molecule has 0 fully saturated rings. The normalized spacial score (nSPS) is 13.0. The quantitative estimate of drug-likeness (QED) is 0.556. The Morgan fingerprint density at radius 2 is 2.30 bits per heavy atom. The van der Waals surface area contributed by atoms with E-state index in [2.05, 4.69) is 0 Å². The highest BCUT2D eigenvalue weighted by Crippen LogP contribution is 2.02. The summed E-state index contributed by atoms with van der Waals surface area (Å²) in [4.78, 5) is 10.2. The zero-order valence-electron chi connectivity index (χ0n) is 6.17. The fourth-order valence-corrected chi connectivity index (χ4v) is 1.33. The molecule has 0 saturated heterocycles. The number of hydrogen-bond acceptors (Lipinski definition) is 3. The zero-order valence-corrected chi connectivity index (χ0v) is 6.99. The molecule has 60 valence electrons. The van der Waals surface area contributed by atoms with E-state index >= 15 is 0 Å². The summed E-state index contributed by atoms with van der Waals surface area (Å²) in [5.41, 5.74) is 10.4. The van der Waals surface area contributed by atoms with Gasteiger partial charge in [-0.1, -0.05) is 0 Å². The lowest BCUT2D eigenvalue weighted by Crippen LogP contribution is -2.17. The van der Waals surface area contributed by atoms with Crippen molar-refractivity contribution in [2.75, 3.05) is 11.5 Å². The van der Waals surface area contributed by atoms with Gasteiger partial charge in [0.2, 0.25) is 5.91 Å². The molecule has 0 aliphatic heterocycles. The fourth-order valence-electron chi connectivity index (χ4n) is 0.442. The maximum Gasteiger partial charge on any atom is 0.227 e. The molecule has 0 aromatic rings. The van der Waals surface area contributed by atoms with E-state index in [4.69, 9.17) is 11.5 Å². The average Bonchev–Trinajstić information content (AvgIpc) is 1.79. The molecule has 1 amide bonds. The van der Waals surface area contributed by atoms with Crippen molar-refractivity contribution < 1.29 is 4.79 Å². The molecule has 0 aromatic heterocycles. The van der Waals surface area contributed by atoms with Crippen LogP contribution < -0.4 is 11.5 Å². The first-order chi connectivity index (χ1) is 4.63. The molecular weight excluding hydrogens is 148 g/mol. The number of primary amides is 1. The number of rotatable bonds is 5. The molecule has 0 aliphatic rings. The van der Waals surface area contributed by atoms with Gasteiger partial charge in [-0.3, -0.25) is 4.79 Å². The summed E-state index contributed by atoms with van der Waals surface area (Å²) in [7, 11) is 0. The molecule has 0 aliphatic carbocycles. The van der Waals surface area contributed by atoms with Crippen molar-refractivity contribution >= 4 is 17.7 Å². The molecule has 4 heteroatoms. The molecule has 1 atom stereocenters. The minimum atomic E-state index is -0.255. The maximum atomic E-state index is 10.2. The van der Waals surface area contributed by atoms with Gasteiger partial charge in [-0.2, -0.15) is 11.8 Å². The SMILES string of the molecule is CC(N)CCSCC(N)=O. The van der Waals surface area contributed by atoms with Crippen molar-refractivity contribution in [3.63, 3.8) is 0 Å². The average molecular weight is 162 g/mol. The molecule has 0 bridgehead atoms. The largest absolute Gasteiger partial charge is 0.369 e. The van der Waals surface area contributed by atoms with Gasteiger partial charge in [0.15, 0.2) is 0 Å². The van der Waals surface area contributed by atoms with Gasteiger partial charge in [-0.25, -0.2) is 0 Å². The van der Waals surface area contributed by atoms with Crippen LogP contribution in [0.4, 0.5) is 0 Å². The van der Waals surface area contributed by atoms with Gasteiger partial charge in [0.1, 0.15) is 0 Å². The molecule has 3 nitrogen and oxygen atoms in total. The van der Waals surface area contributed by atoms with Gasteiger partial charge in [-0.15, -0.1) is 0 Å². The van der Waals surface area contributed by atoms with E-state index in [9.17, 15) is 4.79 Å². The Bertz CT molecular complexity index is 106. The molecule has 0 heterocycles. The molecule has 0 spiro atoms. The van der Waals surface area contributed by atoms with Crippen molar-refractivity contribution in [2.24, 2.45) is 11.5 Å². The van der Waals surface area contributed by atoms with Crippen molar-refractivity contribution in [1.29, 1.82) is 0 Å². The second-order valence-electron chi connectivity index (χ2n) is 2.28. The molecule has 0 rings (SSSR count). The number of thioether (sulfide) groups is 1. The zero-order chi connectivity index (χ0) is 7.98. The van der Waals surface area contributed by atoms with E-state index in [-0.39, 0.29) is 11.9 Å². The van der Waals surface area contributed by atoms with E-state index in [1.165, 1.54) is 11.8 Å². The smallest absolute Gasteiger partial charge is 0.227 e. The van der Waals surface area contributed by atoms with E-state index in [1.54, 1.807) is 0 Å². The third kappa shape index (κ3) is 7.78. The molecule has 4 N–H and O–H groups in total. The van der Waals surface area contributed by atoms with Crippen LogP contribution in [0, 0.1) is 0 Å². The number of amides is 1. The minimum Gasteiger partial charge on any atom is -0.369 e. The van der Waals surface area contributed by atoms with Crippen LogP contribution in [0.25, 0.3) is 0 Å². The van der Waals surface area contributed by atoms with E-state index in [0.717, 1.165) is 12.2 Å². The van der Waals surface area contributed by atoms with Gasteiger partial charge in [0.25, 0.3) is 0 Å². The van der Waals surface area contributed by atoms with Crippen LogP contribution >= 0.6 is 11.8 Å². The Morgan fingerprint density at radius 1 is 1.70 bits per heavy atom. The predicted octanol–water partition coefficient (Wildman–Crippen LogP) is -0.0578. The van der Waals surface area contributed by atoms with E-state index in [0.29, 0.717) is 5.75 Å². The second-order valence-corrected chi connectivity index (χ2v) is 3.39. The lowest BCUT2D eigenvalue weighted by molar-refractivity contribution is -0.115. The number of carbonyl (C=O) groups is 1. The highest BCUT2D eigenvalue weighted by Gasteiger charge is 1.96. The van der Waals surface area contributed by atoms with Crippen LogP contribution in [0.1, 0.15) is 13.3 Å². The Labute approximate surface area is 65.5 Å². The van der Waals surface area contributed by atoms with Crippen LogP contribution in [-0.4, -0.2) is 23.5 Å². The van der Waals surface area contributed by atoms with Crippen LogP contribution in [0.2, 0.25) is 0 Å². The Hall–Kier alpha value is -0.220. The first-order valence-electron chi connectivity index (χ1n) is 3.24. The van der Waals surface area contributed by atoms with Crippen molar-refractivity contribution in [1.82, 2.24) is 0 Å². The summed E-state index contributed by atoms with van der Waals surface area (Å²) in [5, 5.41) is 0. The minimum absolute atomic E-state index is 0.223. The molecule has 0 radical (unpaired) electrons. The lowest BCUT2D eigenvalue weighted by Gasteiger charge is -2.01. The van der Waals surface area contributed by atoms with Crippen LogP contribution in [0.5, 0.6) is 0 Å². The van der Waals surface area contributed by atoms with Gasteiger partial charge in [0, 0.05) is 6.04 Å². The Balaban J connectivity index is 2.98. The fraction of sp³-hybridized carbons (Fsp3) is 0.833. The molecule has 10 heavy (non-hydrogen) atoms. The summed E-state index contributed by atoms with van der Waals surface area (Å²) in [6, 6.07) is 0.223. The monoisotopic (exact) mass is 162 g/mol. The summed E-state index contributed by atoms with van der Waals surface area (Å²) in [5.74, 6) is 1.07. The summed E-state index contributed by atoms with van der Waals surface area (Å²) in [6.45, 7) is 1.95. The first kappa shape index (κ1) is 9.78. The predicted molar refractivity (Wildman–Crippen MR) is 44.8 cm³/mol. The van der Waals surface area contributed by atoms with Gasteiger partial charge in [-0.05, 0) is 19.1 Å². The molecule has 1 unspecified atom stereocenters. The standard InChI is InChI=1S/C6H14N2OS/c1-5(7)2-3-10-4-6(8)9/h5H,2-4,7H2,1H3,(H2,8,9). The van der Waals surface area contributed by atoms with Crippen LogP contribution in [0.15, 0.2) is 0 Å². The Kier molecular flexibility index (Phi) is 5.43. The first-order valence-corrected chi connectivity index (χ1v) is 4.40. The summed E-state index contributed by atoms with van der Waals surface area (Å²) >= 11 is 1.54. The lowest BCUT2D eigenvalue weighted by atomic mass is 10.3. The molecular formula is C6H14N2OS. The van der Waals surface area contributed by atoms with E-state index in [1.807, 2.05) is 6.92 Å². The highest BCUT2D eigenvalue weighted by atomic mass is 32.2. The highest BCUT2D eigenvalue weighted by molar-refractivity contribution is 7.99. The van der Waals surface area contributed by atoms with Crippen LogP contribution in [-0.2, 0) is 4.79 Å². The topological polar surface area (TPSA) is 69.1 Å². The van der Waals surface area contributed by atoms with Gasteiger partial charge >= 0.3 is 0 Å². The number of nitrogens with two attached hydrogens (primary N) is 2. The number of hydrogen-bond donors (Lipinski definition) is 2. The Morgan fingerprint density at radius 3 is 2.70 bits per heavy atom.